The molecule has 1 aliphatic rings. The second-order valence-electron chi connectivity index (χ2n) is 8.80. The minimum Gasteiger partial charge on any atom is -0.490 e. The minimum atomic E-state index is -3.90. The molecule has 2 N–H and O–H groups in total. The Labute approximate surface area is 195 Å². The van der Waals surface area contributed by atoms with E-state index < -0.39 is 15.4 Å². The number of rotatable bonds is 7. The number of nitrogens with zero attached hydrogens (tertiary/aromatic N) is 1. The van der Waals surface area contributed by atoms with Crippen molar-refractivity contribution in [2.75, 3.05) is 28.1 Å². The molecule has 0 saturated heterocycles. The van der Waals surface area contributed by atoms with Gasteiger partial charge in [0.2, 0.25) is 11.8 Å². The maximum atomic E-state index is 13.1. The number of hydrogen-bond acceptors (Lipinski definition) is 5. The van der Waals surface area contributed by atoms with Crippen LogP contribution < -0.4 is 19.7 Å². The first-order chi connectivity index (χ1) is 15.5. The number of sulfonamides is 1. The van der Waals surface area contributed by atoms with E-state index in [1.54, 1.807) is 49.1 Å². The highest BCUT2D eigenvalue weighted by Gasteiger charge is 2.37. The Morgan fingerprint density at radius 3 is 2.45 bits per heavy atom. The van der Waals surface area contributed by atoms with Crippen molar-refractivity contribution in [2.24, 2.45) is 5.41 Å². The molecule has 9 heteroatoms. The van der Waals surface area contributed by atoms with E-state index in [4.69, 9.17) is 4.74 Å². The monoisotopic (exact) mass is 473 g/mol. The molecule has 178 valence electrons. The van der Waals surface area contributed by atoms with Crippen molar-refractivity contribution >= 4 is 38.9 Å². The Morgan fingerprint density at radius 2 is 1.82 bits per heavy atom. The van der Waals surface area contributed by atoms with Crippen LogP contribution in [0, 0.1) is 12.3 Å². The second kappa shape index (κ2) is 9.43. The molecule has 2 amide bonds. The lowest BCUT2D eigenvalue weighted by Crippen LogP contribution is -2.42. The smallest absolute Gasteiger partial charge is 0.262 e. The molecular weight excluding hydrogens is 442 g/mol. The third kappa shape index (κ3) is 5.30. The Balaban J connectivity index is 1.92. The molecule has 0 fully saturated rings. The summed E-state index contributed by atoms with van der Waals surface area (Å²) in [5.74, 6) is 0.325. The van der Waals surface area contributed by atoms with Crippen molar-refractivity contribution in [3.63, 3.8) is 0 Å². The number of ether oxygens (including phenoxy) is 1. The number of aryl methyl sites for hydroxylation is 1. The molecule has 1 aliphatic heterocycles. The van der Waals surface area contributed by atoms with Crippen LogP contribution >= 0.6 is 0 Å². The van der Waals surface area contributed by atoms with Crippen LogP contribution in [0.4, 0.5) is 17.1 Å². The Bertz CT molecular complexity index is 1170. The molecule has 2 aromatic rings. The predicted molar refractivity (Wildman–Crippen MR) is 129 cm³/mol. The number of anilines is 3. The van der Waals surface area contributed by atoms with Gasteiger partial charge in [0, 0.05) is 18.7 Å². The van der Waals surface area contributed by atoms with Gasteiger partial charge in [-0.2, -0.15) is 0 Å². The number of nitrogens with one attached hydrogen (secondary N) is 2. The van der Waals surface area contributed by atoms with E-state index in [1.807, 2.05) is 20.8 Å². The van der Waals surface area contributed by atoms with E-state index in [0.717, 1.165) is 6.42 Å². The van der Waals surface area contributed by atoms with Gasteiger partial charge in [-0.05, 0) is 69.2 Å². The lowest BCUT2D eigenvalue weighted by atomic mass is 9.93. The van der Waals surface area contributed by atoms with Crippen molar-refractivity contribution in [1.82, 2.24) is 0 Å². The van der Waals surface area contributed by atoms with Crippen LogP contribution in [-0.2, 0) is 19.6 Å². The van der Waals surface area contributed by atoms with Crippen LogP contribution in [0.5, 0.6) is 5.75 Å². The van der Waals surface area contributed by atoms with Crippen LogP contribution in [0.15, 0.2) is 41.3 Å². The molecule has 33 heavy (non-hydrogen) atoms. The van der Waals surface area contributed by atoms with Gasteiger partial charge in [0.15, 0.2) is 0 Å². The number of carbonyl (C=O) groups is 2. The topological polar surface area (TPSA) is 105 Å². The first kappa shape index (κ1) is 24.6. The molecule has 0 saturated carbocycles. The van der Waals surface area contributed by atoms with Gasteiger partial charge in [-0.1, -0.05) is 13.8 Å². The summed E-state index contributed by atoms with van der Waals surface area (Å²) in [6.07, 6.45) is 1.08. The lowest BCUT2D eigenvalue weighted by molar-refractivity contribution is -0.127. The lowest BCUT2D eigenvalue weighted by Gasteiger charge is -2.28. The van der Waals surface area contributed by atoms with Gasteiger partial charge >= 0.3 is 0 Å². The molecule has 0 unspecified atom stereocenters. The highest BCUT2D eigenvalue weighted by molar-refractivity contribution is 7.92. The summed E-state index contributed by atoms with van der Waals surface area (Å²) in [7, 11) is -3.90. The fourth-order valence-corrected chi connectivity index (χ4v) is 4.92. The molecule has 8 nitrogen and oxygen atoms in total. The highest BCUT2D eigenvalue weighted by Crippen LogP contribution is 2.38. The van der Waals surface area contributed by atoms with Gasteiger partial charge in [-0.15, -0.1) is 0 Å². The summed E-state index contributed by atoms with van der Waals surface area (Å²) >= 11 is 0. The van der Waals surface area contributed by atoms with Crippen molar-refractivity contribution in [2.45, 2.75) is 52.4 Å². The van der Waals surface area contributed by atoms with Crippen LogP contribution in [-0.4, -0.2) is 33.4 Å². The number of fused-ring (bicyclic) bond motifs is 1. The molecule has 2 aromatic carbocycles. The van der Waals surface area contributed by atoms with Crippen LogP contribution in [0.3, 0.4) is 0 Å². The van der Waals surface area contributed by atoms with Crippen molar-refractivity contribution in [3.05, 3.63) is 42.0 Å². The van der Waals surface area contributed by atoms with Gasteiger partial charge in [0.25, 0.3) is 10.0 Å². The van der Waals surface area contributed by atoms with Gasteiger partial charge < -0.3 is 15.0 Å². The van der Waals surface area contributed by atoms with E-state index in [1.165, 1.54) is 6.07 Å². The average Bonchev–Trinajstić information content (AvgIpc) is 2.83. The maximum Gasteiger partial charge on any atom is 0.262 e. The van der Waals surface area contributed by atoms with Gasteiger partial charge in [-0.25, -0.2) is 8.42 Å². The number of amides is 2. The largest absolute Gasteiger partial charge is 0.490 e. The van der Waals surface area contributed by atoms with E-state index in [9.17, 15) is 18.0 Å². The van der Waals surface area contributed by atoms with E-state index >= 15 is 0 Å². The summed E-state index contributed by atoms with van der Waals surface area (Å²) in [6.45, 7) is 9.81. The van der Waals surface area contributed by atoms with Gasteiger partial charge in [0.1, 0.15) is 12.4 Å². The SMILES string of the molecule is CCCN1C(=O)C(C)(C)COc2ccc(NS(=O)(=O)c3ccc(NC(=O)CC)cc3C)cc21. The molecule has 0 radical (unpaired) electrons. The second-order valence-corrected chi connectivity index (χ2v) is 10.5. The first-order valence-corrected chi connectivity index (χ1v) is 12.5. The van der Waals surface area contributed by atoms with Crippen molar-refractivity contribution in [1.29, 1.82) is 0 Å². The molecule has 0 atom stereocenters. The summed E-state index contributed by atoms with van der Waals surface area (Å²) < 4.78 is 34.7. The van der Waals surface area contributed by atoms with E-state index in [-0.39, 0.29) is 23.3 Å². The molecule has 0 bridgehead atoms. The fourth-order valence-electron chi connectivity index (χ4n) is 3.64. The number of carbonyl (C=O) groups excluding carboxylic acids is 2. The fraction of sp³-hybridized carbons (Fsp3) is 0.417. The normalized spacial score (nSPS) is 15.3. The molecular formula is C24H31N3O5S. The van der Waals surface area contributed by atoms with E-state index in [0.29, 0.717) is 41.3 Å². The summed E-state index contributed by atoms with van der Waals surface area (Å²) in [5.41, 5.74) is 1.21. The molecule has 0 spiro atoms. The van der Waals surface area contributed by atoms with E-state index in [2.05, 4.69) is 10.0 Å². The zero-order valence-corrected chi connectivity index (χ0v) is 20.5. The van der Waals surface area contributed by atoms with Crippen molar-refractivity contribution < 1.29 is 22.7 Å². The first-order valence-electron chi connectivity index (χ1n) is 11.0. The van der Waals surface area contributed by atoms with Gasteiger partial charge in [-0.3, -0.25) is 14.3 Å². The standard InChI is InChI=1S/C24H31N3O5S/c1-6-12-27-19-14-18(8-10-20(19)32-15-24(4,5)23(27)29)26-33(30,31)21-11-9-17(13-16(21)3)25-22(28)7-2/h8-11,13-14,26H,6-7,12,15H2,1-5H3,(H,25,28). The Kier molecular flexibility index (Phi) is 7.02. The molecule has 0 aromatic heterocycles. The Morgan fingerprint density at radius 1 is 1.12 bits per heavy atom. The average molecular weight is 474 g/mol. The zero-order valence-electron chi connectivity index (χ0n) is 19.7. The highest BCUT2D eigenvalue weighted by atomic mass is 32.2. The van der Waals surface area contributed by atoms with Crippen LogP contribution in [0.1, 0.15) is 46.1 Å². The number of hydrogen-bond donors (Lipinski definition) is 2. The summed E-state index contributed by atoms with van der Waals surface area (Å²) in [6, 6.07) is 9.58. The van der Waals surface area contributed by atoms with Crippen molar-refractivity contribution in [3.8, 4) is 5.75 Å². The minimum absolute atomic E-state index is 0.0660. The molecule has 0 aliphatic carbocycles. The quantitative estimate of drug-likeness (QED) is 0.624. The molecule has 1 heterocycles. The Hall–Kier alpha value is -3.07. The van der Waals surface area contributed by atoms with Crippen LogP contribution in [0.2, 0.25) is 0 Å². The molecule has 3 rings (SSSR count). The predicted octanol–water partition coefficient (Wildman–Crippen LogP) is 4.31. The maximum absolute atomic E-state index is 13.1. The summed E-state index contributed by atoms with van der Waals surface area (Å²) in [4.78, 5) is 26.5. The van der Waals surface area contributed by atoms with Crippen LogP contribution in [0.25, 0.3) is 0 Å². The third-order valence-electron chi connectivity index (χ3n) is 5.43. The summed E-state index contributed by atoms with van der Waals surface area (Å²) in [5, 5.41) is 2.72. The third-order valence-corrected chi connectivity index (χ3v) is 6.97. The van der Waals surface area contributed by atoms with Gasteiger partial charge in [0.05, 0.1) is 21.7 Å². The number of benzene rings is 2. The zero-order chi connectivity index (χ0) is 24.4.